The van der Waals surface area contributed by atoms with Crippen molar-refractivity contribution in [1.82, 2.24) is 5.43 Å². The van der Waals surface area contributed by atoms with Crippen LogP contribution in [0.25, 0.3) is 0 Å². The van der Waals surface area contributed by atoms with Crippen LogP contribution in [0.4, 0.5) is 5.69 Å². The van der Waals surface area contributed by atoms with E-state index in [4.69, 9.17) is 0 Å². The van der Waals surface area contributed by atoms with Gasteiger partial charge in [0.25, 0.3) is 5.91 Å². The Labute approximate surface area is 150 Å². The van der Waals surface area contributed by atoms with Crippen LogP contribution in [0, 0.1) is 4.91 Å². The smallest absolute Gasteiger partial charge is 0.269 e. The predicted octanol–water partition coefficient (Wildman–Crippen LogP) is 1.87. The van der Waals surface area contributed by atoms with Crippen LogP contribution in [-0.2, 0) is 14.6 Å². The van der Waals surface area contributed by atoms with E-state index in [1.165, 1.54) is 24.1 Å². The molecule has 0 aliphatic carbocycles. The summed E-state index contributed by atoms with van der Waals surface area (Å²) in [6.45, 7) is 1.50. The average Bonchev–Trinajstić information content (AvgIpc) is 2.87. The molecule has 1 aliphatic rings. The van der Waals surface area contributed by atoms with Gasteiger partial charge in [-0.2, -0.15) is 10.1 Å². The standard InChI is InChI=1S/C17H16N4O4S/c1-17(19-20-23)15(12-8-10-14(11-9-12)26(2,24)25)18-21(16(17)22)13-6-4-3-5-7-13/h3-11H,1-2H3,(H,19,23). The summed E-state index contributed by atoms with van der Waals surface area (Å²) >= 11 is 0. The molecule has 1 N–H and O–H groups in total. The van der Waals surface area contributed by atoms with Crippen molar-refractivity contribution in [2.75, 3.05) is 11.3 Å². The Morgan fingerprint density at radius 3 is 2.23 bits per heavy atom. The van der Waals surface area contributed by atoms with E-state index in [0.29, 0.717) is 11.3 Å². The van der Waals surface area contributed by atoms with Gasteiger partial charge in [-0.1, -0.05) is 30.3 Å². The highest BCUT2D eigenvalue weighted by molar-refractivity contribution is 7.90. The van der Waals surface area contributed by atoms with Crippen LogP contribution in [0.2, 0.25) is 0 Å². The molecule has 1 aliphatic heterocycles. The number of nitrogens with one attached hydrogen (secondary N) is 1. The first-order valence-corrected chi connectivity index (χ1v) is 9.55. The number of para-hydroxylation sites is 1. The predicted molar refractivity (Wildman–Crippen MR) is 97.4 cm³/mol. The zero-order valence-electron chi connectivity index (χ0n) is 14.1. The van der Waals surface area contributed by atoms with Gasteiger partial charge in [-0.25, -0.2) is 8.42 Å². The van der Waals surface area contributed by atoms with Gasteiger partial charge in [-0.15, -0.1) is 4.91 Å². The number of nitroso groups, excluding NO2 is 1. The molecule has 1 amide bonds. The van der Waals surface area contributed by atoms with Gasteiger partial charge in [0, 0.05) is 11.8 Å². The maximum atomic E-state index is 12.9. The molecule has 0 saturated carbocycles. The average molecular weight is 372 g/mol. The summed E-state index contributed by atoms with van der Waals surface area (Å²) in [7, 11) is -3.35. The Morgan fingerprint density at radius 1 is 1.08 bits per heavy atom. The van der Waals surface area contributed by atoms with E-state index < -0.39 is 21.3 Å². The van der Waals surface area contributed by atoms with Gasteiger partial charge in [0.2, 0.25) is 0 Å². The minimum atomic E-state index is -3.35. The third-order valence-corrected chi connectivity index (χ3v) is 5.25. The van der Waals surface area contributed by atoms with Crippen LogP contribution in [0.5, 0.6) is 0 Å². The first kappa shape index (κ1) is 17.7. The van der Waals surface area contributed by atoms with Gasteiger partial charge in [-0.05, 0) is 31.2 Å². The normalized spacial score (nSPS) is 20.0. The second-order valence-corrected chi connectivity index (χ2v) is 8.04. The van der Waals surface area contributed by atoms with E-state index in [1.54, 1.807) is 36.4 Å². The van der Waals surface area contributed by atoms with Crippen molar-refractivity contribution in [2.45, 2.75) is 17.4 Å². The second kappa shape index (κ2) is 6.34. The molecule has 0 aromatic heterocycles. The maximum absolute atomic E-state index is 12.9. The molecule has 0 bridgehead atoms. The zero-order valence-corrected chi connectivity index (χ0v) is 14.9. The van der Waals surface area contributed by atoms with Crippen molar-refractivity contribution in [3.8, 4) is 0 Å². The topological polar surface area (TPSA) is 108 Å². The van der Waals surface area contributed by atoms with Crippen molar-refractivity contribution in [1.29, 1.82) is 0 Å². The highest BCUT2D eigenvalue weighted by Gasteiger charge is 2.49. The third kappa shape index (κ3) is 2.97. The highest BCUT2D eigenvalue weighted by atomic mass is 32.2. The molecule has 0 spiro atoms. The lowest BCUT2D eigenvalue weighted by Crippen LogP contribution is -2.53. The summed E-state index contributed by atoms with van der Waals surface area (Å²) in [4.78, 5) is 23.9. The summed E-state index contributed by atoms with van der Waals surface area (Å²) in [5.41, 5.74) is 2.14. The van der Waals surface area contributed by atoms with Crippen LogP contribution >= 0.6 is 0 Å². The lowest BCUT2D eigenvalue weighted by atomic mass is 9.91. The number of anilines is 1. The fraction of sp³-hybridized carbons (Fsp3) is 0.176. The summed E-state index contributed by atoms with van der Waals surface area (Å²) in [6, 6.07) is 14.7. The quantitative estimate of drug-likeness (QED) is 0.637. The molecule has 134 valence electrons. The molecule has 0 fully saturated rings. The number of sulfone groups is 1. The monoisotopic (exact) mass is 372 g/mol. The van der Waals surface area contributed by atoms with Crippen LogP contribution in [-0.4, -0.2) is 31.8 Å². The SMILES string of the molecule is CC1(NN=O)C(=O)N(c2ccccc2)N=C1c1ccc(S(C)(=O)=O)cc1. The number of amides is 1. The summed E-state index contributed by atoms with van der Waals surface area (Å²) in [6.07, 6.45) is 1.11. The second-order valence-electron chi connectivity index (χ2n) is 6.03. The fourth-order valence-corrected chi connectivity index (χ4v) is 3.33. The molecule has 26 heavy (non-hydrogen) atoms. The van der Waals surface area contributed by atoms with Crippen molar-refractivity contribution >= 4 is 27.1 Å². The van der Waals surface area contributed by atoms with Crippen molar-refractivity contribution < 1.29 is 13.2 Å². The summed E-state index contributed by atoms with van der Waals surface area (Å²) in [5, 5.41) is 8.23. The Hall–Kier alpha value is -3.07. The van der Waals surface area contributed by atoms with Crippen LogP contribution in [0.1, 0.15) is 12.5 Å². The van der Waals surface area contributed by atoms with Gasteiger partial charge < -0.3 is 0 Å². The summed E-state index contributed by atoms with van der Waals surface area (Å²) < 4.78 is 23.2. The zero-order chi connectivity index (χ0) is 18.9. The molecular formula is C17H16N4O4S. The van der Waals surface area contributed by atoms with Gasteiger partial charge >= 0.3 is 0 Å². The third-order valence-electron chi connectivity index (χ3n) is 4.12. The van der Waals surface area contributed by atoms with Crippen molar-refractivity contribution in [3.05, 3.63) is 65.1 Å². The van der Waals surface area contributed by atoms with Gasteiger partial charge in [0.15, 0.2) is 15.4 Å². The molecule has 1 atom stereocenters. The van der Waals surface area contributed by atoms with Crippen LogP contribution in [0.3, 0.4) is 0 Å². The Bertz CT molecular complexity index is 987. The first-order chi connectivity index (χ1) is 12.3. The number of hydrogen-bond acceptors (Lipinski definition) is 6. The molecule has 2 aromatic rings. The molecule has 3 rings (SSSR count). The van der Waals surface area contributed by atoms with E-state index >= 15 is 0 Å². The van der Waals surface area contributed by atoms with E-state index in [2.05, 4.69) is 15.8 Å². The molecule has 1 unspecified atom stereocenters. The van der Waals surface area contributed by atoms with Crippen LogP contribution in [0.15, 0.2) is 69.9 Å². The number of benzene rings is 2. The van der Waals surface area contributed by atoms with Crippen molar-refractivity contribution in [3.63, 3.8) is 0 Å². The number of carbonyl (C=O) groups excluding carboxylic acids is 1. The number of rotatable bonds is 5. The molecule has 2 aromatic carbocycles. The highest BCUT2D eigenvalue weighted by Crippen LogP contribution is 2.29. The molecular weight excluding hydrogens is 356 g/mol. The van der Waals surface area contributed by atoms with E-state index in [9.17, 15) is 18.1 Å². The number of hydrazone groups is 1. The molecule has 0 radical (unpaired) electrons. The lowest BCUT2D eigenvalue weighted by Gasteiger charge is -2.22. The molecule has 0 saturated heterocycles. The van der Waals surface area contributed by atoms with Gasteiger partial charge in [-0.3, -0.25) is 10.2 Å². The number of hydrogen-bond donors (Lipinski definition) is 1. The first-order valence-electron chi connectivity index (χ1n) is 7.66. The van der Waals surface area contributed by atoms with E-state index in [0.717, 1.165) is 6.26 Å². The molecule has 8 nitrogen and oxygen atoms in total. The lowest BCUT2D eigenvalue weighted by molar-refractivity contribution is -0.121. The van der Waals surface area contributed by atoms with Crippen LogP contribution < -0.4 is 10.4 Å². The van der Waals surface area contributed by atoms with E-state index in [-0.39, 0.29) is 10.6 Å². The van der Waals surface area contributed by atoms with Gasteiger partial charge in [0.1, 0.15) is 5.71 Å². The fourth-order valence-electron chi connectivity index (χ4n) is 2.70. The minimum absolute atomic E-state index is 0.147. The minimum Gasteiger partial charge on any atom is -0.269 e. The number of carbonyl (C=O) groups is 1. The Morgan fingerprint density at radius 2 is 1.69 bits per heavy atom. The molecule has 9 heteroatoms. The largest absolute Gasteiger partial charge is 0.280 e. The maximum Gasteiger partial charge on any atom is 0.280 e. The Kier molecular flexibility index (Phi) is 4.33. The Balaban J connectivity index is 2.09. The summed E-state index contributed by atoms with van der Waals surface area (Å²) in [5.74, 6) is -0.467. The van der Waals surface area contributed by atoms with Crippen molar-refractivity contribution in [2.24, 2.45) is 10.4 Å². The van der Waals surface area contributed by atoms with E-state index in [1.807, 2.05) is 6.07 Å². The number of nitrogens with zero attached hydrogens (tertiary/aromatic N) is 3. The molecule has 1 heterocycles. The van der Waals surface area contributed by atoms with Gasteiger partial charge in [0.05, 0.1) is 15.9 Å².